The first-order chi connectivity index (χ1) is 8.86. The minimum atomic E-state index is -3.34. The van der Waals surface area contributed by atoms with Gasteiger partial charge in [-0.2, -0.15) is 0 Å². The molecule has 1 aromatic heterocycles. The maximum absolute atomic E-state index is 11.6. The van der Waals surface area contributed by atoms with E-state index < -0.39 is 9.84 Å². The summed E-state index contributed by atoms with van der Waals surface area (Å²) in [5.74, 6) is -0.272. The van der Waals surface area contributed by atoms with Gasteiger partial charge in [0.05, 0.1) is 24.4 Å². The van der Waals surface area contributed by atoms with Crippen LogP contribution in [0.3, 0.4) is 0 Å². The second-order valence-electron chi connectivity index (χ2n) is 4.00. The number of carbonyl (C=O) groups is 1. The number of nitrogens with zero attached hydrogens (tertiary/aromatic N) is 1. The van der Waals surface area contributed by atoms with Crippen LogP contribution in [0.2, 0.25) is 0 Å². The Bertz CT molecular complexity index is 523. The molecule has 8 heteroatoms. The van der Waals surface area contributed by atoms with Crippen molar-refractivity contribution in [3.05, 3.63) is 18.3 Å². The first-order valence-electron chi connectivity index (χ1n) is 5.55. The van der Waals surface area contributed by atoms with Crippen molar-refractivity contribution in [3.63, 3.8) is 0 Å². The van der Waals surface area contributed by atoms with E-state index in [1.807, 2.05) is 0 Å². The first-order valence-corrected chi connectivity index (χ1v) is 7.44. The molecule has 0 radical (unpaired) electrons. The number of hydrogen-bond acceptors (Lipinski definition) is 6. The lowest BCUT2D eigenvalue weighted by atomic mass is 10.2. The Morgan fingerprint density at radius 1 is 1.53 bits per heavy atom. The van der Waals surface area contributed by atoms with Crippen molar-refractivity contribution in [1.82, 2.24) is 4.98 Å². The molecule has 0 aliphatic rings. The van der Waals surface area contributed by atoms with Gasteiger partial charge in [0, 0.05) is 19.9 Å². The van der Waals surface area contributed by atoms with Crippen molar-refractivity contribution >= 4 is 21.4 Å². The molecule has 0 bridgehead atoms. The zero-order valence-corrected chi connectivity index (χ0v) is 11.6. The van der Waals surface area contributed by atoms with E-state index in [1.165, 1.54) is 25.4 Å². The van der Waals surface area contributed by atoms with E-state index >= 15 is 0 Å². The lowest BCUT2D eigenvalue weighted by Crippen LogP contribution is -2.28. The predicted octanol–water partition coefficient (Wildman–Crippen LogP) is -0.213. The maximum atomic E-state index is 11.6. The maximum Gasteiger partial charge on any atom is 0.227 e. The minimum absolute atomic E-state index is 0.0396. The average molecular weight is 287 g/mol. The predicted molar refractivity (Wildman–Crippen MR) is 70.4 cm³/mol. The highest BCUT2D eigenvalue weighted by Gasteiger charge is 2.12. The van der Waals surface area contributed by atoms with Gasteiger partial charge in [-0.3, -0.25) is 4.79 Å². The Kier molecular flexibility index (Phi) is 5.40. The molecule has 0 spiro atoms. The van der Waals surface area contributed by atoms with Gasteiger partial charge in [0.1, 0.15) is 0 Å². The van der Waals surface area contributed by atoms with Crippen LogP contribution in [-0.2, 0) is 19.4 Å². The molecule has 0 aromatic carbocycles. The van der Waals surface area contributed by atoms with Crippen LogP contribution in [0, 0.1) is 0 Å². The van der Waals surface area contributed by atoms with Crippen LogP contribution in [0.4, 0.5) is 5.69 Å². The molecule has 1 atom stereocenters. The summed E-state index contributed by atoms with van der Waals surface area (Å²) >= 11 is 0. The van der Waals surface area contributed by atoms with E-state index in [0.29, 0.717) is 5.69 Å². The average Bonchev–Trinajstić information content (AvgIpc) is 2.35. The van der Waals surface area contributed by atoms with Crippen LogP contribution in [0.15, 0.2) is 23.4 Å². The summed E-state index contributed by atoms with van der Waals surface area (Å²) in [6, 6.07) is 2.81. The van der Waals surface area contributed by atoms with Gasteiger partial charge < -0.3 is 15.8 Å². The zero-order chi connectivity index (χ0) is 14.5. The summed E-state index contributed by atoms with van der Waals surface area (Å²) in [7, 11) is -1.86. The van der Waals surface area contributed by atoms with E-state index in [2.05, 4.69) is 10.3 Å². The number of amides is 1. The highest BCUT2D eigenvalue weighted by atomic mass is 32.2. The van der Waals surface area contributed by atoms with Crippen molar-refractivity contribution in [2.45, 2.75) is 17.6 Å². The van der Waals surface area contributed by atoms with E-state index in [0.717, 1.165) is 6.26 Å². The van der Waals surface area contributed by atoms with E-state index in [9.17, 15) is 13.2 Å². The van der Waals surface area contributed by atoms with Crippen molar-refractivity contribution in [2.75, 3.05) is 25.2 Å². The number of rotatable bonds is 6. The fourth-order valence-electron chi connectivity index (χ4n) is 1.36. The number of carbonyl (C=O) groups excluding carboxylic acids is 1. The van der Waals surface area contributed by atoms with Crippen LogP contribution < -0.4 is 11.1 Å². The molecular weight excluding hydrogens is 270 g/mol. The summed E-state index contributed by atoms with van der Waals surface area (Å²) < 4.78 is 27.4. The Morgan fingerprint density at radius 3 is 2.63 bits per heavy atom. The molecule has 1 amide bonds. The summed E-state index contributed by atoms with van der Waals surface area (Å²) in [6.07, 6.45) is 2.14. The van der Waals surface area contributed by atoms with Crippen LogP contribution in [-0.4, -0.2) is 45.3 Å². The second kappa shape index (κ2) is 6.60. The van der Waals surface area contributed by atoms with Crippen molar-refractivity contribution < 1.29 is 17.9 Å². The fraction of sp³-hybridized carbons (Fsp3) is 0.455. The molecule has 1 aromatic rings. The third-order valence-corrected chi connectivity index (χ3v) is 3.41. The van der Waals surface area contributed by atoms with Gasteiger partial charge in [-0.15, -0.1) is 0 Å². The number of ether oxygens (including phenoxy) is 1. The normalized spacial score (nSPS) is 13.0. The highest BCUT2D eigenvalue weighted by Crippen LogP contribution is 2.11. The van der Waals surface area contributed by atoms with Gasteiger partial charge in [-0.25, -0.2) is 13.4 Å². The van der Waals surface area contributed by atoms with E-state index in [-0.39, 0.29) is 30.0 Å². The van der Waals surface area contributed by atoms with E-state index in [1.54, 1.807) is 0 Å². The number of aromatic nitrogens is 1. The summed E-state index contributed by atoms with van der Waals surface area (Å²) in [6.45, 7) is 0.245. The number of anilines is 1. The molecule has 7 nitrogen and oxygen atoms in total. The monoisotopic (exact) mass is 287 g/mol. The van der Waals surface area contributed by atoms with Crippen LogP contribution in [0.1, 0.15) is 6.42 Å². The van der Waals surface area contributed by atoms with Crippen molar-refractivity contribution in [2.24, 2.45) is 5.73 Å². The number of pyridine rings is 1. The summed E-state index contributed by atoms with van der Waals surface area (Å²) in [5.41, 5.74) is 5.83. The summed E-state index contributed by atoms with van der Waals surface area (Å²) in [5, 5.41) is 2.55. The van der Waals surface area contributed by atoms with E-state index in [4.69, 9.17) is 10.5 Å². The Balaban J connectivity index is 2.66. The molecule has 0 saturated heterocycles. The van der Waals surface area contributed by atoms with Crippen LogP contribution in [0.5, 0.6) is 0 Å². The third kappa shape index (κ3) is 4.93. The number of nitrogens with two attached hydrogens (primary N) is 1. The lowest BCUT2D eigenvalue weighted by Gasteiger charge is -2.12. The lowest BCUT2D eigenvalue weighted by molar-refractivity contribution is -0.118. The van der Waals surface area contributed by atoms with Gasteiger partial charge in [0.15, 0.2) is 14.9 Å². The first kappa shape index (κ1) is 15.5. The molecular formula is C11H17N3O4S. The van der Waals surface area contributed by atoms with Gasteiger partial charge in [0.25, 0.3) is 0 Å². The van der Waals surface area contributed by atoms with Crippen LogP contribution >= 0.6 is 0 Å². The third-order valence-electron chi connectivity index (χ3n) is 2.41. The Labute approximate surface area is 112 Å². The molecule has 0 aliphatic carbocycles. The SMILES string of the molecule is COC(CN)CC(=O)Nc1ccc(S(C)(=O)=O)nc1. The highest BCUT2D eigenvalue weighted by molar-refractivity contribution is 7.90. The summed E-state index contributed by atoms with van der Waals surface area (Å²) in [4.78, 5) is 15.4. The number of hydrogen-bond donors (Lipinski definition) is 2. The van der Waals surface area contributed by atoms with Crippen LogP contribution in [0.25, 0.3) is 0 Å². The molecule has 106 valence electrons. The Hall–Kier alpha value is -1.51. The second-order valence-corrected chi connectivity index (χ2v) is 5.97. The zero-order valence-electron chi connectivity index (χ0n) is 10.8. The molecule has 0 aliphatic heterocycles. The molecule has 3 N–H and O–H groups in total. The fourth-order valence-corrected chi connectivity index (χ4v) is 1.91. The quantitative estimate of drug-likeness (QED) is 0.748. The van der Waals surface area contributed by atoms with Gasteiger partial charge in [-0.1, -0.05) is 0 Å². The molecule has 1 heterocycles. The standard InChI is InChI=1S/C11H17N3O4S/c1-18-9(6-12)5-10(15)14-8-3-4-11(13-7-8)19(2,16)17/h3-4,7,9H,5-6,12H2,1-2H3,(H,14,15). The molecule has 19 heavy (non-hydrogen) atoms. The topological polar surface area (TPSA) is 111 Å². The number of methoxy groups -OCH3 is 1. The minimum Gasteiger partial charge on any atom is -0.380 e. The van der Waals surface area contributed by atoms with Crippen molar-refractivity contribution in [3.8, 4) is 0 Å². The van der Waals surface area contributed by atoms with Gasteiger partial charge >= 0.3 is 0 Å². The number of sulfone groups is 1. The Morgan fingerprint density at radius 2 is 2.21 bits per heavy atom. The van der Waals surface area contributed by atoms with Crippen molar-refractivity contribution in [1.29, 1.82) is 0 Å². The molecule has 1 rings (SSSR count). The smallest absolute Gasteiger partial charge is 0.227 e. The molecule has 0 fully saturated rings. The van der Waals surface area contributed by atoms with Gasteiger partial charge in [-0.05, 0) is 12.1 Å². The molecule has 1 unspecified atom stereocenters. The van der Waals surface area contributed by atoms with Gasteiger partial charge in [0.2, 0.25) is 5.91 Å². The largest absolute Gasteiger partial charge is 0.380 e. The molecule has 0 saturated carbocycles. The number of nitrogens with one attached hydrogen (secondary N) is 1.